The van der Waals surface area contributed by atoms with E-state index in [0.29, 0.717) is 17.7 Å². The highest BCUT2D eigenvalue weighted by atomic mass is 16.2. The summed E-state index contributed by atoms with van der Waals surface area (Å²) in [4.78, 5) is 40.7. The van der Waals surface area contributed by atoms with Crippen LogP contribution in [0.5, 0.6) is 0 Å². The maximum atomic E-state index is 13.0. The van der Waals surface area contributed by atoms with Crippen LogP contribution in [-0.4, -0.2) is 41.6 Å². The zero-order chi connectivity index (χ0) is 18.8. The Morgan fingerprint density at radius 1 is 1.00 bits per heavy atom. The van der Waals surface area contributed by atoms with E-state index in [-0.39, 0.29) is 30.2 Å². The second-order valence-corrected chi connectivity index (χ2v) is 6.72. The average molecular weight is 350 g/mol. The minimum atomic E-state index is -0.278. The summed E-state index contributed by atoms with van der Waals surface area (Å²) in [6.07, 6.45) is 0. The summed E-state index contributed by atoms with van der Waals surface area (Å²) in [6.45, 7) is 5.78. The van der Waals surface area contributed by atoms with Gasteiger partial charge in [-0.05, 0) is 39.0 Å². The third-order valence-electron chi connectivity index (χ3n) is 4.73. The van der Waals surface area contributed by atoms with Gasteiger partial charge in [0.05, 0.1) is 5.56 Å². The Hall–Kier alpha value is -2.95. The van der Waals surface area contributed by atoms with Crippen molar-refractivity contribution in [1.29, 1.82) is 0 Å². The minimum absolute atomic E-state index is 0.000115. The first kappa shape index (κ1) is 17.9. The van der Waals surface area contributed by atoms with E-state index >= 15 is 0 Å². The third kappa shape index (κ3) is 3.38. The van der Waals surface area contributed by atoms with Crippen LogP contribution in [0.3, 0.4) is 0 Å². The van der Waals surface area contributed by atoms with Crippen molar-refractivity contribution in [2.45, 2.75) is 26.8 Å². The monoisotopic (exact) mass is 350 g/mol. The summed E-state index contributed by atoms with van der Waals surface area (Å²) < 4.78 is 0. The van der Waals surface area contributed by atoms with Crippen LogP contribution < -0.4 is 4.90 Å². The molecule has 1 aliphatic heterocycles. The zero-order valence-electron chi connectivity index (χ0n) is 15.2. The zero-order valence-corrected chi connectivity index (χ0v) is 15.2. The fourth-order valence-corrected chi connectivity index (χ4v) is 3.23. The van der Waals surface area contributed by atoms with E-state index < -0.39 is 0 Å². The highest BCUT2D eigenvalue weighted by molar-refractivity contribution is 6.09. The Bertz CT molecular complexity index is 858. The molecular weight excluding hydrogens is 328 g/mol. The number of carbonyl (C=O) groups is 3. The molecule has 0 saturated carbocycles. The number of aryl methyl sites for hydroxylation is 1. The van der Waals surface area contributed by atoms with Crippen molar-refractivity contribution in [1.82, 2.24) is 4.90 Å². The lowest BCUT2D eigenvalue weighted by molar-refractivity contribution is -0.121. The van der Waals surface area contributed by atoms with Crippen molar-refractivity contribution in [3.05, 3.63) is 65.2 Å². The van der Waals surface area contributed by atoms with Gasteiger partial charge in [-0.25, -0.2) is 0 Å². The number of Topliss-reactive ketones (excluding diaryl/α,β-unsaturated/α-hetero) is 1. The van der Waals surface area contributed by atoms with Crippen molar-refractivity contribution in [3.63, 3.8) is 0 Å². The molecular formula is C21H22N2O3. The molecule has 2 aromatic carbocycles. The number of carbonyl (C=O) groups excluding carboxylic acids is 3. The number of benzene rings is 2. The number of amides is 2. The Labute approximate surface area is 153 Å². The summed E-state index contributed by atoms with van der Waals surface area (Å²) in [5, 5.41) is 0. The van der Waals surface area contributed by atoms with Crippen molar-refractivity contribution >= 4 is 23.3 Å². The Morgan fingerprint density at radius 2 is 1.62 bits per heavy atom. The van der Waals surface area contributed by atoms with Crippen LogP contribution in [0.4, 0.5) is 5.69 Å². The summed E-state index contributed by atoms with van der Waals surface area (Å²) >= 11 is 0. The number of rotatable bonds is 3. The van der Waals surface area contributed by atoms with Gasteiger partial charge in [-0.15, -0.1) is 0 Å². The normalized spacial score (nSPS) is 17.3. The summed E-state index contributed by atoms with van der Waals surface area (Å²) in [6, 6.07) is 14.4. The number of ketones is 1. The molecule has 2 amide bonds. The van der Waals surface area contributed by atoms with Crippen LogP contribution in [0.15, 0.2) is 48.5 Å². The first-order valence-corrected chi connectivity index (χ1v) is 8.66. The summed E-state index contributed by atoms with van der Waals surface area (Å²) in [5.74, 6) is -0.563. The van der Waals surface area contributed by atoms with Crippen LogP contribution in [0.1, 0.15) is 40.1 Å². The molecule has 1 aliphatic rings. The molecule has 0 radical (unpaired) electrons. The molecule has 1 heterocycles. The van der Waals surface area contributed by atoms with E-state index in [1.54, 1.807) is 34.1 Å². The lowest BCUT2D eigenvalue weighted by Crippen LogP contribution is -2.57. The molecule has 1 fully saturated rings. The smallest absolute Gasteiger partial charge is 0.255 e. The molecule has 134 valence electrons. The molecule has 0 bridgehead atoms. The quantitative estimate of drug-likeness (QED) is 0.800. The molecule has 5 heteroatoms. The molecule has 3 rings (SSSR count). The lowest BCUT2D eigenvalue weighted by atomic mass is 10.0. The Balaban J connectivity index is 1.84. The Kier molecular flexibility index (Phi) is 4.89. The fraction of sp³-hybridized carbons (Fsp3) is 0.286. The van der Waals surface area contributed by atoms with Gasteiger partial charge in [0.15, 0.2) is 5.78 Å². The second kappa shape index (κ2) is 7.12. The fourth-order valence-electron chi connectivity index (χ4n) is 3.23. The molecule has 0 spiro atoms. The lowest BCUT2D eigenvalue weighted by Gasteiger charge is -2.39. The molecule has 5 nitrogen and oxygen atoms in total. The van der Waals surface area contributed by atoms with Gasteiger partial charge in [-0.3, -0.25) is 14.4 Å². The van der Waals surface area contributed by atoms with E-state index in [2.05, 4.69) is 0 Å². The minimum Gasteiger partial charge on any atom is -0.325 e. The van der Waals surface area contributed by atoms with Gasteiger partial charge in [-0.2, -0.15) is 0 Å². The van der Waals surface area contributed by atoms with Crippen LogP contribution in [0.2, 0.25) is 0 Å². The van der Waals surface area contributed by atoms with E-state index in [9.17, 15) is 14.4 Å². The molecule has 0 N–H and O–H groups in total. The van der Waals surface area contributed by atoms with E-state index in [0.717, 1.165) is 11.3 Å². The largest absolute Gasteiger partial charge is 0.325 e. The molecule has 26 heavy (non-hydrogen) atoms. The summed E-state index contributed by atoms with van der Waals surface area (Å²) in [5.41, 5.74) is 2.70. The number of hydrogen-bond donors (Lipinski definition) is 0. The molecule has 2 aromatic rings. The Morgan fingerprint density at radius 3 is 2.23 bits per heavy atom. The van der Waals surface area contributed by atoms with Gasteiger partial charge in [-0.1, -0.05) is 35.9 Å². The van der Waals surface area contributed by atoms with Crippen molar-refractivity contribution in [3.8, 4) is 0 Å². The van der Waals surface area contributed by atoms with Crippen LogP contribution in [-0.2, 0) is 4.79 Å². The van der Waals surface area contributed by atoms with Crippen molar-refractivity contribution in [2.24, 2.45) is 0 Å². The van der Waals surface area contributed by atoms with E-state index in [1.165, 1.54) is 6.92 Å². The van der Waals surface area contributed by atoms with Crippen LogP contribution in [0, 0.1) is 6.92 Å². The molecule has 0 aliphatic carbocycles. The average Bonchev–Trinajstić information content (AvgIpc) is 2.63. The standard InChI is InChI=1S/C21H22N2O3/c1-14-8-10-17(11-9-14)23-12-15(2)22(13-20(23)25)21(26)19-7-5-4-6-18(19)16(3)24/h4-11,15H,12-13H2,1-3H3/t15-/m0/s1. The number of piperazine rings is 1. The number of nitrogens with zero attached hydrogens (tertiary/aromatic N) is 2. The van der Waals surface area contributed by atoms with Gasteiger partial charge < -0.3 is 9.80 Å². The SMILES string of the molecule is CC(=O)c1ccccc1C(=O)N1CC(=O)N(c2ccc(C)cc2)C[C@@H]1C. The number of anilines is 1. The molecule has 0 unspecified atom stereocenters. The molecule has 1 atom stereocenters. The van der Waals surface area contributed by atoms with Crippen molar-refractivity contribution in [2.75, 3.05) is 18.0 Å². The number of hydrogen-bond acceptors (Lipinski definition) is 3. The van der Waals surface area contributed by atoms with Gasteiger partial charge in [0.2, 0.25) is 5.91 Å². The summed E-state index contributed by atoms with van der Waals surface area (Å²) in [7, 11) is 0. The predicted molar refractivity (Wildman–Crippen MR) is 100 cm³/mol. The third-order valence-corrected chi connectivity index (χ3v) is 4.73. The topological polar surface area (TPSA) is 57.7 Å². The highest BCUT2D eigenvalue weighted by Gasteiger charge is 2.34. The predicted octanol–water partition coefficient (Wildman–Crippen LogP) is 3.08. The van der Waals surface area contributed by atoms with Crippen molar-refractivity contribution < 1.29 is 14.4 Å². The van der Waals surface area contributed by atoms with Gasteiger partial charge >= 0.3 is 0 Å². The van der Waals surface area contributed by atoms with Gasteiger partial charge in [0.25, 0.3) is 5.91 Å². The maximum absolute atomic E-state index is 13.0. The second-order valence-electron chi connectivity index (χ2n) is 6.72. The maximum Gasteiger partial charge on any atom is 0.255 e. The first-order chi connectivity index (χ1) is 12.4. The van der Waals surface area contributed by atoms with Crippen LogP contribution >= 0.6 is 0 Å². The van der Waals surface area contributed by atoms with E-state index in [4.69, 9.17) is 0 Å². The van der Waals surface area contributed by atoms with Gasteiger partial charge in [0, 0.05) is 23.8 Å². The van der Waals surface area contributed by atoms with Gasteiger partial charge in [0.1, 0.15) is 6.54 Å². The van der Waals surface area contributed by atoms with E-state index in [1.807, 2.05) is 38.1 Å². The highest BCUT2D eigenvalue weighted by Crippen LogP contribution is 2.23. The first-order valence-electron chi connectivity index (χ1n) is 8.66. The van der Waals surface area contributed by atoms with Crippen LogP contribution in [0.25, 0.3) is 0 Å². The molecule has 1 saturated heterocycles. The molecule has 0 aromatic heterocycles.